The number of nitrogens with zero attached hydrogens (tertiary/aromatic N) is 2. The van der Waals surface area contributed by atoms with Crippen LogP contribution in [0.15, 0.2) is 23.2 Å². The van der Waals surface area contributed by atoms with Crippen molar-refractivity contribution < 1.29 is 4.79 Å². The van der Waals surface area contributed by atoms with Gasteiger partial charge in [0.05, 0.1) is 5.69 Å². The first-order valence-electron chi connectivity index (χ1n) is 4.68. The van der Waals surface area contributed by atoms with Crippen LogP contribution >= 0.6 is 0 Å². The van der Waals surface area contributed by atoms with E-state index in [1.165, 1.54) is 11.1 Å². The highest BCUT2D eigenvalue weighted by Crippen LogP contribution is 2.22. The summed E-state index contributed by atoms with van der Waals surface area (Å²) in [6, 6.07) is 5.89. The van der Waals surface area contributed by atoms with E-state index in [0.29, 0.717) is 5.69 Å². The van der Waals surface area contributed by atoms with Crippen LogP contribution in [0.1, 0.15) is 11.1 Å². The summed E-state index contributed by atoms with van der Waals surface area (Å²) in [5.41, 5.74) is 3.34. The van der Waals surface area contributed by atoms with Crippen LogP contribution < -0.4 is 0 Å². The number of aliphatic imine (C=N–C) groups is 1. The zero-order valence-corrected chi connectivity index (χ0v) is 8.16. The van der Waals surface area contributed by atoms with Crippen LogP contribution in [0.25, 0.3) is 0 Å². The topological polar surface area (TPSA) is 32.7 Å². The van der Waals surface area contributed by atoms with E-state index in [4.69, 9.17) is 0 Å². The number of rotatable bonds is 1. The fourth-order valence-electron chi connectivity index (χ4n) is 1.81. The fourth-order valence-corrected chi connectivity index (χ4v) is 1.81. The molecular formula is C11H12N2O. The third-order valence-corrected chi connectivity index (χ3v) is 2.57. The van der Waals surface area contributed by atoms with E-state index in [1.54, 1.807) is 6.08 Å². The second kappa shape index (κ2) is 3.74. The molecule has 1 aliphatic heterocycles. The van der Waals surface area contributed by atoms with Crippen LogP contribution in [-0.4, -0.2) is 24.6 Å². The molecule has 0 bridgehead atoms. The van der Waals surface area contributed by atoms with Gasteiger partial charge < -0.3 is 4.90 Å². The molecule has 72 valence electrons. The molecule has 0 spiro atoms. The second-order valence-corrected chi connectivity index (χ2v) is 3.64. The predicted octanol–water partition coefficient (Wildman–Crippen LogP) is 1.64. The molecule has 0 fully saturated rings. The molecule has 1 aromatic carbocycles. The third-order valence-electron chi connectivity index (χ3n) is 2.57. The van der Waals surface area contributed by atoms with Crippen LogP contribution in [0.5, 0.6) is 0 Å². The molecule has 1 heterocycles. The zero-order chi connectivity index (χ0) is 9.97. The molecule has 0 unspecified atom stereocenters. The molecule has 0 amide bonds. The van der Waals surface area contributed by atoms with Crippen LogP contribution in [0.4, 0.5) is 5.69 Å². The van der Waals surface area contributed by atoms with Crippen molar-refractivity contribution in [3.8, 4) is 0 Å². The summed E-state index contributed by atoms with van der Waals surface area (Å²) in [5, 5.41) is 0. The minimum atomic E-state index is 0.703. The molecule has 14 heavy (non-hydrogen) atoms. The first kappa shape index (κ1) is 9.13. The summed E-state index contributed by atoms with van der Waals surface area (Å²) in [7, 11) is 2.10. The summed E-state index contributed by atoms with van der Waals surface area (Å²) < 4.78 is 0. The largest absolute Gasteiger partial charge is 0.302 e. The summed E-state index contributed by atoms with van der Waals surface area (Å²) >= 11 is 0. The Balaban J connectivity index is 2.37. The van der Waals surface area contributed by atoms with Crippen molar-refractivity contribution >= 4 is 11.8 Å². The van der Waals surface area contributed by atoms with Gasteiger partial charge in [-0.15, -0.1) is 0 Å². The fraction of sp³-hybridized carbons (Fsp3) is 0.364. The second-order valence-electron chi connectivity index (χ2n) is 3.64. The molecule has 2 rings (SSSR count). The van der Waals surface area contributed by atoms with Gasteiger partial charge in [0, 0.05) is 13.1 Å². The number of benzene rings is 1. The van der Waals surface area contributed by atoms with Gasteiger partial charge in [0.15, 0.2) is 0 Å². The number of carbonyl (C=O) groups excluding carboxylic acids is 1. The lowest BCUT2D eigenvalue weighted by Crippen LogP contribution is -2.26. The molecule has 0 aromatic heterocycles. The highest BCUT2D eigenvalue weighted by molar-refractivity contribution is 5.51. The Kier molecular flexibility index (Phi) is 2.44. The highest BCUT2D eigenvalue weighted by atomic mass is 16.1. The van der Waals surface area contributed by atoms with Crippen molar-refractivity contribution in [2.24, 2.45) is 4.99 Å². The molecule has 3 heteroatoms. The third kappa shape index (κ3) is 1.74. The van der Waals surface area contributed by atoms with Gasteiger partial charge in [-0.2, -0.15) is 4.99 Å². The average Bonchev–Trinajstić information content (AvgIpc) is 2.17. The molecule has 0 saturated heterocycles. The Morgan fingerprint density at radius 2 is 2.29 bits per heavy atom. The standard InChI is InChI=1S/C11H12N2O/c1-13-5-4-9-2-3-11(12-8-14)6-10(9)7-13/h2-3,6H,4-5,7H2,1H3. The maximum Gasteiger partial charge on any atom is 0.240 e. The van der Waals surface area contributed by atoms with Gasteiger partial charge in [-0.3, -0.25) is 0 Å². The number of fused-ring (bicyclic) bond motifs is 1. The van der Waals surface area contributed by atoms with Crippen molar-refractivity contribution in [1.82, 2.24) is 4.90 Å². The Morgan fingerprint density at radius 3 is 3.07 bits per heavy atom. The zero-order valence-electron chi connectivity index (χ0n) is 8.16. The smallest absolute Gasteiger partial charge is 0.240 e. The van der Waals surface area contributed by atoms with E-state index in [1.807, 2.05) is 12.1 Å². The summed E-state index contributed by atoms with van der Waals surface area (Å²) in [5.74, 6) is 0. The number of isocyanates is 1. The van der Waals surface area contributed by atoms with Gasteiger partial charge in [0.25, 0.3) is 0 Å². The monoisotopic (exact) mass is 188 g/mol. The normalized spacial score (nSPS) is 15.8. The maximum absolute atomic E-state index is 10.1. The van der Waals surface area contributed by atoms with Gasteiger partial charge in [-0.25, -0.2) is 4.79 Å². The lowest BCUT2D eigenvalue weighted by atomic mass is 10.00. The number of hydrogen-bond acceptors (Lipinski definition) is 3. The first-order valence-corrected chi connectivity index (χ1v) is 4.68. The van der Waals surface area contributed by atoms with Crippen molar-refractivity contribution in [1.29, 1.82) is 0 Å². The molecule has 3 nitrogen and oxygen atoms in total. The summed E-state index contributed by atoms with van der Waals surface area (Å²) in [6.45, 7) is 2.04. The average molecular weight is 188 g/mol. The van der Waals surface area contributed by atoms with E-state index in [2.05, 4.69) is 23.0 Å². The van der Waals surface area contributed by atoms with Crippen LogP contribution in [-0.2, 0) is 17.8 Å². The SMILES string of the molecule is CN1CCc2ccc(N=C=O)cc2C1. The van der Waals surface area contributed by atoms with E-state index in [0.717, 1.165) is 19.5 Å². The Labute approximate surface area is 83.1 Å². The van der Waals surface area contributed by atoms with E-state index in [9.17, 15) is 4.79 Å². The van der Waals surface area contributed by atoms with Crippen molar-refractivity contribution in [3.05, 3.63) is 29.3 Å². The lowest BCUT2D eigenvalue weighted by molar-refractivity contribution is 0.313. The highest BCUT2D eigenvalue weighted by Gasteiger charge is 2.12. The minimum absolute atomic E-state index is 0.703. The Bertz CT molecular complexity index is 394. The molecule has 0 N–H and O–H groups in total. The van der Waals surface area contributed by atoms with Gasteiger partial charge in [0.2, 0.25) is 6.08 Å². The van der Waals surface area contributed by atoms with Crippen LogP contribution in [0.3, 0.4) is 0 Å². The van der Waals surface area contributed by atoms with Crippen molar-refractivity contribution in [2.45, 2.75) is 13.0 Å². The summed E-state index contributed by atoms with van der Waals surface area (Å²) in [6.07, 6.45) is 2.64. The van der Waals surface area contributed by atoms with Gasteiger partial charge in [-0.05, 0) is 36.7 Å². The summed E-state index contributed by atoms with van der Waals surface area (Å²) in [4.78, 5) is 16.0. The Hall–Kier alpha value is -1.44. The lowest BCUT2D eigenvalue weighted by Gasteiger charge is -2.24. The van der Waals surface area contributed by atoms with E-state index >= 15 is 0 Å². The van der Waals surface area contributed by atoms with Crippen molar-refractivity contribution in [3.63, 3.8) is 0 Å². The minimum Gasteiger partial charge on any atom is -0.302 e. The van der Waals surface area contributed by atoms with Crippen LogP contribution in [0, 0.1) is 0 Å². The van der Waals surface area contributed by atoms with E-state index < -0.39 is 0 Å². The molecule has 0 atom stereocenters. The number of likely N-dealkylation sites (N-methyl/N-ethyl adjacent to an activating group) is 1. The molecule has 0 aliphatic carbocycles. The quantitative estimate of drug-likeness (QED) is 0.495. The Morgan fingerprint density at radius 1 is 1.43 bits per heavy atom. The van der Waals surface area contributed by atoms with Gasteiger partial charge >= 0.3 is 0 Å². The van der Waals surface area contributed by atoms with Crippen LogP contribution in [0.2, 0.25) is 0 Å². The predicted molar refractivity (Wildman–Crippen MR) is 54.3 cm³/mol. The molecule has 1 aliphatic rings. The van der Waals surface area contributed by atoms with E-state index in [-0.39, 0.29) is 0 Å². The number of hydrogen-bond donors (Lipinski definition) is 0. The molecule has 0 radical (unpaired) electrons. The first-order chi connectivity index (χ1) is 6.79. The van der Waals surface area contributed by atoms with Gasteiger partial charge in [-0.1, -0.05) is 6.07 Å². The van der Waals surface area contributed by atoms with Gasteiger partial charge in [0.1, 0.15) is 0 Å². The van der Waals surface area contributed by atoms with Crippen molar-refractivity contribution in [2.75, 3.05) is 13.6 Å². The molecular weight excluding hydrogens is 176 g/mol. The molecule has 1 aromatic rings. The molecule has 0 saturated carbocycles. The maximum atomic E-state index is 10.1.